The zero-order chi connectivity index (χ0) is 41.7. The fraction of sp³-hybridized carbons (Fsp3) is 1.00. The van der Waals surface area contributed by atoms with Crippen LogP contribution < -0.4 is 21.3 Å². The van der Waals surface area contributed by atoms with Gasteiger partial charge in [0.1, 0.15) is 0 Å². The van der Waals surface area contributed by atoms with Crippen molar-refractivity contribution < 1.29 is 64.9 Å². The van der Waals surface area contributed by atoms with E-state index in [2.05, 4.69) is 22.5 Å². The summed E-state index contributed by atoms with van der Waals surface area (Å²) < 4.78 is 63.5. The molecule has 0 aromatic heterocycles. The molecule has 0 heterocycles. The van der Waals surface area contributed by atoms with Gasteiger partial charge in [0, 0.05) is 32.8 Å². The molecule has 0 saturated carbocycles. The number of hydrogen-bond acceptors (Lipinski definition) is 18. The Morgan fingerprint density at radius 3 is 1.30 bits per heavy atom. The Bertz CT molecular complexity index is 872. The van der Waals surface area contributed by atoms with Crippen LogP contribution in [0.1, 0.15) is 55.9 Å². The highest BCUT2D eigenvalue weighted by molar-refractivity contribution is 6.87. The molecule has 0 radical (unpaired) electrons. The second-order valence-corrected chi connectivity index (χ2v) is 27.2. The first-order valence-electron chi connectivity index (χ1n) is 20.4. The first kappa shape index (κ1) is 69.2. The van der Waals surface area contributed by atoms with Gasteiger partial charge in [0.2, 0.25) is 0 Å². The van der Waals surface area contributed by atoms with Crippen molar-refractivity contribution in [2.24, 2.45) is 5.73 Å². The molecule has 8 N–H and O–H groups in total. The van der Waals surface area contributed by atoms with Crippen LogP contribution in [-0.2, 0) is 50.2 Å². The van der Waals surface area contributed by atoms with E-state index < -0.39 is 34.4 Å². The third-order valence-electron chi connectivity index (χ3n) is 7.60. The molecular formula is C38H98N4O14Si4. The third kappa shape index (κ3) is 47.6. The minimum atomic E-state index is -3.27. The molecule has 0 aliphatic rings. The highest BCUT2D eigenvalue weighted by atomic mass is 28.5. The van der Waals surface area contributed by atoms with Gasteiger partial charge >= 0.3 is 34.4 Å². The molecule has 0 bridgehead atoms. The van der Waals surface area contributed by atoms with E-state index in [1.807, 2.05) is 19.6 Å². The SMILES string of the molecule is C.C.C.C.CCCNCCN[Si](C)(O)O[Si](C)(CCCOCCOCCOCCOCCOCCOCCOCCOCCO)O[Si](C)(C)O[Si](C)(O)CCCNCCN. The van der Waals surface area contributed by atoms with Crippen LogP contribution in [0.4, 0.5) is 0 Å². The van der Waals surface area contributed by atoms with Crippen molar-refractivity contribution in [2.45, 2.75) is 101 Å². The fourth-order valence-electron chi connectivity index (χ4n) is 5.36. The van der Waals surface area contributed by atoms with Crippen LogP contribution in [0.2, 0.25) is 44.8 Å². The van der Waals surface area contributed by atoms with E-state index in [1.54, 1.807) is 13.1 Å². The van der Waals surface area contributed by atoms with Crippen molar-refractivity contribution in [1.29, 1.82) is 0 Å². The van der Waals surface area contributed by atoms with Crippen LogP contribution in [0, 0.1) is 0 Å². The summed E-state index contributed by atoms with van der Waals surface area (Å²) in [6, 6.07) is 1.17. The first-order chi connectivity index (χ1) is 26.8. The molecule has 3 unspecified atom stereocenters. The number of aliphatic hydroxyl groups excluding tert-OH is 1. The first-order valence-corrected chi connectivity index (χ1v) is 30.7. The molecule has 60 heavy (non-hydrogen) atoms. The van der Waals surface area contributed by atoms with E-state index in [0.29, 0.717) is 137 Å². The molecule has 370 valence electrons. The van der Waals surface area contributed by atoms with Gasteiger partial charge in [-0.2, -0.15) is 0 Å². The van der Waals surface area contributed by atoms with E-state index in [9.17, 15) is 9.59 Å². The average Bonchev–Trinajstić information content (AvgIpc) is 3.11. The monoisotopic (exact) mass is 947 g/mol. The molecule has 0 fully saturated rings. The van der Waals surface area contributed by atoms with Gasteiger partial charge < -0.3 is 81.3 Å². The predicted molar refractivity (Wildman–Crippen MR) is 253 cm³/mol. The average molecular weight is 948 g/mol. The number of rotatable bonds is 45. The molecular weight excluding hydrogens is 849 g/mol. The maximum absolute atomic E-state index is 11.3. The molecule has 0 saturated heterocycles. The molecule has 22 heteroatoms. The number of nitrogens with two attached hydrogens (primary N) is 1. The standard InChI is InChI=1S/C34H82N4O14Si4.4CH4/c1-7-11-36-14-15-38-56(6,41)52-55(5,51-53(2,3)50-54(4,40)33-8-12-37-13-10-35)34-9-17-42-19-21-44-23-25-46-27-29-48-31-32-49-30-28-47-26-24-45-22-20-43-18-16-39;;;;/h36-41H,7-35H2,1-6H3;4*1H4. The lowest BCUT2D eigenvalue weighted by atomic mass is 10.5. The van der Waals surface area contributed by atoms with Gasteiger partial charge in [0.15, 0.2) is 0 Å². The molecule has 0 spiro atoms. The van der Waals surface area contributed by atoms with E-state index in [0.717, 1.165) is 39.0 Å². The van der Waals surface area contributed by atoms with Crippen molar-refractivity contribution in [3.63, 3.8) is 0 Å². The minimum absolute atomic E-state index is 0. The molecule has 18 nitrogen and oxygen atoms in total. The maximum atomic E-state index is 11.3. The molecule has 3 atom stereocenters. The molecule has 0 aromatic rings. The van der Waals surface area contributed by atoms with Gasteiger partial charge in [0.05, 0.1) is 106 Å². The summed E-state index contributed by atoms with van der Waals surface area (Å²) >= 11 is 0. The van der Waals surface area contributed by atoms with Crippen LogP contribution in [0.5, 0.6) is 0 Å². The zero-order valence-corrected chi connectivity index (χ0v) is 39.7. The Hall–Kier alpha value is 0.148. The van der Waals surface area contributed by atoms with Gasteiger partial charge in [0.25, 0.3) is 0 Å². The van der Waals surface area contributed by atoms with Crippen LogP contribution in [0.3, 0.4) is 0 Å². The van der Waals surface area contributed by atoms with Crippen molar-refractivity contribution in [3.05, 3.63) is 0 Å². The van der Waals surface area contributed by atoms with E-state index in [1.165, 1.54) is 0 Å². The summed E-state index contributed by atoms with van der Waals surface area (Å²) in [4.78, 5) is 25.7. The van der Waals surface area contributed by atoms with Gasteiger partial charge in [-0.1, -0.05) is 36.6 Å². The predicted octanol–water partition coefficient (Wildman–Crippen LogP) is 3.02. The summed E-state index contributed by atoms with van der Waals surface area (Å²) in [6.45, 7) is 23.3. The molecule has 0 rings (SSSR count). The number of ether oxygens (including phenoxy) is 8. The normalized spacial score (nSPS) is 14.5. The highest BCUT2D eigenvalue weighted by Crippen LogP contribution is 2.27. The van der Waals surface area contributed by atoms with Crippen molar-refractivity contribution in [1.82, 2.24) is 15.6 Å². The zero-order valence-electron chi connectivity index (χ0n) is 35.7. The van der Waals surface area contributed by atoms with Gasteiger partial charge in [-0.3, -0.25) is 4.98 Å². The van der Waals surface area contributed by atoms with Gasteiger partial charge in [-0.25, -0.2) is 0 Å². The lowest BCUT2D eigenvalue weighted by molar-refractivity contribution is -0.0238. The Kier molecular flexibility index (Phi) is 52.7. The largest absolute Gasteiger partial charge is 0.416 e. The maximum Gasteiger partial charge on any atom is 0.410 e. The smallest absolute Gasteiger partial charge is 0.410 e. The van der Waals surface area contributed by atoms with Crippen molar-refractivity contribution in [2.75, 3.05) is 152 Å². The molecule has 0 amide bonds. The molecule has 0 aliphatic carbocycles. The van der Waals surface area contributed by atoms with Crippen LogP contribution in [-0.4, -0.2) is 201 Å². The van der Waals surface area contributed by atoms with E-state index in [4.69, 9.17) is 61.1 Å². The number of nitrogens with one attached hydrogen (secondary N) is 3. The third-order valence-corrected chi connectivity index (χ3v) is 21.8. The second-order valence-electron chi connectivity index (χ2n) is 14.0. The van der Waals surface area contributed by atoms with Gasteiger partial charge in [-0.05, 0) is 77.2 Å². The summed E-state index contributed by atoms with van der Waals surface area (Å²) in [5.41, 5.74) is 5.55. The summed E-state index contributed by atoms with van der Waals surface area (Å²) in [6.07, 6.45) is 2.51. The number of aliphatic hydroxyl groups is 1. The van der Waals surface area contributed by atoms with Crippen LogP contribution >= 0.6 is 0 Å². The Morgan fingerprint density at radius 1 is 0.467 bits per heavy atom. The quantitative estimate of drug-likeness (QED) is 0.0344. The lowest BCUT2D eigenvalue weighted by Gasteiger charge is -2.41. The Morgan fingerprint density at radius 2 is 0.883 bits per heavy atom. The summed E-state index contributed by atoms with van der Waals surface area (Å²) in [7, 11) is -12.1. The Labute approximate surface area is 371 Å². The molecule has 0 aromatic carbocycles. The summed E-state index contributed by atoms with van der Waals surface area (Å²) in [5.74, 6) is 0. The van der Waals surface area contributed by atoms with Crippen LogP contribution in [0.15, 0.2) is 0 Å². The van der Waals surface area contributed by atoms with Crippen molar-refractivity contribution in [3.8, 4) is 0 Å². The Balaban J connectivity index is -0.00000252. The van der Waals surface area contributed by atoms with E-state index in [-0.39, 0.29) is 36.3 Å². The fourth-order valence-corrected chi connectivity index (χ4v) is 21.9. The number of hydrogen-bond donors (Lipinski definition) is 7. The van der Waals surface area contributed by atoms with Gasteiger partial charge in [-0.15, -0.1) is 0 Å². The van der Waals surface area contributed by atoms with Crippen LogP contribution in [0.25, 0.3) is 0 Å². The topological polar surface area (TPSA) is 224 Å². The lowest BCUT2D eigenvalue weighted by Crippen LogP contribution is -2.63. The van der Waals surface area contributed by atoms with E-state index >= 15 is 0 Å². The minimum Gasteiger partial charge on any atom is -0.416 e. The second kappa shape index (κ2) is 45.7. The highest BCUT2D eigenvalue weighted by Gasteiger charge is 2.48. The van der Waals surface area contributed by atoms with Crippen molar-refractivity contribution >= 4 is 34.4 Å². The summed E-state index contributed by atoms with van der Waals surface area (Å²) in [5, 5.41) is 15.2. The molecule has 0 aliphatic heterocycles.